The third-order valence-corrected chi connectivity index (χ3v) is 6.35. The van der Waals surface area contributed by atoms with Crippen LogP contribution in [0, 0.1) is 17.2 Å². The Hall–Kier alpha value is -3.66. The number of aromatic nitrogens is 5. The molecule has 0 spiro atoms. The van der Waals surface area contributed by atoms with Gasteiger partial charge in [-0.05, 0) is 37.0 Å². The fourth-order valence-electron chi connectivity index (χ4n) is 4.45. The van der Waals surface area contributed by atoms with E-state index < -0.39 is 0 Å². The highest BCUT2D eigenvalue weighted by Gasteiger charge is 2.19. The van der Waals surface area contributed by atoms with Crippen LogP contribution in [0.15, 0.2) is 49.2 Å². The fraction of sp³-hybridized carbons (Fsp3) is 0.333. The molecule has 0 amide bonds. The van der Waals surface area contributed by atoms with Crippen molar-refractivity contribution in [2.24, 2.45) is 13.0 Å². The van der Waals surface area contributed by atoms with Crippen LogP contribution >= 0.6 is 0 Å². The Morgan fingerprint density at radius 3 is 2.52 bits per heavy atom. The molecule has 0 unspecified atom stereocenters. The number of aryl methyl sites for hydroxylation is 1. The molecule has 5 rings (SSSR count). The zero-order valence-corrected chi connectivity index (χ0v) is 17.9. The van der Waals surface area contributed by atoms with E-state index >= 15 is 0 Å². The van der Waals surface area contributed by atoms with Crippen LogP contribution in [0.1, 0.15) is 31.7 Å². The molecule has 0 aromatic carbocycles. The molecule has 156 valence electrons. The van der Waals surface area contributed by atoms with Crippen molar-refractivity contribution in [3.63, 3.8) is 0 Å². The van der Waals surface area contributed by atoms with E-state index in [1.54, 1.807) is 15.4 Å². The maximum Gasteiger partial charge on any atom is 0.128 e. The van der Waals surface area contributed by atoms with Gasteiger partial charge in [0, 0.05) is 61.0 Å². The summed E-state index contributed by atoms with van der Waals surface area (Å²) in [6.07, 6.45) is 13.0. The lowest BCUT2D eigenvalue weighted by molar-refractivity contribution is 0.394. The van der Waals surface area contributed by atoms with Gasteiger partial charge >= 0.3 is 0 Å². The van der Waals surface area contributed by atoms with Gasteiger partial charge in [0.15, 0.2) is 0 Å². The Labute approximate surface area is 181 Å². The second-order valence-corrected chi connectivity index (χ2v) is 8.25. The highest BCUT2D eigenvalue weighted by atomic mass is 15.2. The molecule has 1 saturated heterocycles. The van der Waals surface area contributed by atoms with Crippen LogP contribution in [-0.2, 0) is 7.05 Å². The van der Waals surface area contributed by atoms with Crippen LogP contribution in [0.25, 0.3) is 27.8 Å². The van der Waals surface area contributed by atoms with E-state index in [0.717, 1.165) is 52.6 Å². The number of piperidine rings is 1. The predicted octanol–water partition coefficient (Wildman–Crippen LogP) is 4.29. The lowest BCUT2D eigenvalue weighted by Crippen LogP contribution is -2.33. The topological polar surface area (TPSA) is 75.0 Å². The molecule has 5 heterocycles. The Bertz CT molecular complexity index is 1250. The predicted molar refractivity (Wildman–Crippen MR) is 121 cm³/mol. The smallest absolute Gasteiger partial charge is 0.128 e. The zero-order chi connectivity index (χ0) is 21.4. The summed E-state index contributed by atoms with van der Waals surface area (Å²) >= 11 is 0. The number of rotatable bonds is 4. The minimum Gasteiger partial charge on any atom is -0.357 e. The molecule has 1 aliphatic rings. The molecule has 0 N–H and O–H groups in total. The normalized spacial score (nSPS) is 14.8. The summed E-state index contributed by atoms with van der Waals surface area (Å²) in [6.45, 7) is 4.40. The molecule has 4 aromatic heterocycles. The van der Waals surface area contributed by atoms with Crippen LogP contribution in [0.2, 0.25) is 0 Å². The molecule has 31 heavy (non-hydrogen) atoms. The molecule has 0 radical (unpaired) electrons. The SMILES string of the molecule is CCC1CCN(c2ccc(-c3cc(-c4cnn(C)c4)cn4ncc(C#N)c34)cn2)CC1. The van der Waals surface area contributed by atoms with Crippen LogP contribution in [0.4, 0.5) is 5.82 Å². The lowest BCUT2D eigenvalue weighted by Gasteiger charge is -2.32. The van der Waals surface area contributed by atoms with Gasteiger partial charge in [-0.25, -0.2) is 9.50 Å². The highest BCUT2D eigenvalue weighted by Crippen LogP contribution is 2.32. The number of fused-ring (bicyclic) bond motifs is 1. The Kier molecular flexibility index (Phi) is 4.91. The molecule has 0 bridgehead atoms. The quantitative estimate of drug-likeness (QED) is 0.501. The van der Waals surface area contributed by atoms with Crippen LogP contribution < -0.4 is 4.90 Å². The van der Waals surface area contributed by atoms with Gasteiger partial charge in [0.1, 0.15) is 11.9 Å². The Morgan fingerprint density at radius 1 is 1.03 bits per heavy atom. The molecule has 1 aliphatic heterocycles. The molecule has 0 atom stereocenters. The monoisotopic (exact) mass is 411 g/mol. The van der Waals surface area contributed by atoms with Crippen molar-refractivity contribution in [3.05, 3.63) is 54.7 Å². The summed E-state index contributed by atoms with van der Waals surface area (Å²) in [7, 11) is 1.90. The van der Waals surface area contributed by atoms with Crippen LogP contribution in [-0.4, -0.2) is 37.5 Å². The Morgan fingerprint density at radius 2 is 1.87 bits per heavy atom. The maximum absolute atomic E-state index is 9.60. The fourth-order valence-corrected chi connectivity index (χ4v) is 4.45. The van der Waals surface area contributed by atoms with Crippen LogP contribution in [0.3, 0.4) is 0 Å². The summed E-state index contributed by atoms with van der Waals surface area (Å²) in [5, 5.41) is 18.3. The molecule has 4 aromatic rings. The zero-order valence-electron chi connectivity index (χ0n) is 17.9. The first kappa shape index (κ1) is 19.3. The summed E-state index contributed by atoms with van der Waals surface area (Å²) in [4.78, 5) is 7.15. The molecule has 0 aliphatic carbocycles. The van der Waals surface area contributed by atoms with E-state index in [0.29, 0.717) is 5.56 Å². The van der Waals surface area contributed by atoms with Crippen molar-refractivity contribution in [1.29, 1.82) is 5.26 Å². The highest BCUT2D eigenvalue weighted by molar-refractivity contribution is 5.87. The van der Waals surface area contributed by atoms with Gasteiger partial charge in [0.25, 0.3) is 0 Å². The Balaban J connectivity index is 1.54. The molecular formula is C24H25N7. The number of hydrogen-bond donors (Lipinski definition) is 0. The lowest BCUT2D eigenvalue weighted by atomic mass is 9.94. The standard InChI is InChI=1S/C24H25N7/c1-3-17-6-8-30(9-7-17)23-5-4-18(12-26-23)22-10-19(21-14-27-29(2)15-21)16-31-24(22)20(11-25)13-28-31/h4-5,10,12-17H,3,6-9H2,1-2H3. The second kappa shape index (κ2) is 7.88. The first-order valence-electron chi connectivity index (χ1n) is 10.8. The van der Waals surface area contributed by atoms with Crippen molar-refractivity contribution in [2.75, 3.05) is 18.0 Å². The minimum atomic E-state index is 0.554. The van der Waals surface area contributed by atoms with E-state index in [9.17, 15) is 5.26 Å². The first-order valence-corrected chi connectivity index (χ1v) is 10.8. The average Bonchev–Trinajstić information content (AvgIpc) is 3.44. The van der Waals surface area contributed by atoms with Crippen molar-refractivity contribution < 1.29 is 0 Å². The largest absolute Gasteiger partial charge is 0.357 e. The molecule has 7 heteroatoms. The third kappa shape index (κ3) is 3.55. The van der Waals surface area contributed by atoms with E-state index in [4.69, 9.17) is 4.98 Å². The minimum absolute atomic E-state index is 0.554. The van der Waals surface area contributed by atoms with E-state index in [1.165, 1.54) is 19.3 Å². The van der Waals surface area contributed by atoms with Gasteiger partial charge in [0.2, 0.25) is 0 Å². The second-order valence-electron chi connectivity index (χ2n) is 8.25. The molecule has 1 fully saturated rings. The van der Waals surface area contributed by atoms with E-state index in [1.807, 2.05) is 31.8 Å². The molecule has 7 nitrogen and oxygen atoms in total. The number of nitrogens with zero attached hydrogens (tertiary/aromatic N) is 7. The summed E-state index contributed by atoms with van der Waals surface area (Å²) < 4.78 is 3.56. The number of anilines is 1. The number of pyridine rings is 2. The van der Waals surface area contributed by atoms with Crippen LogP contribution in [0.5, 0.6) is 0 Å². The van der Waals surface area contributed by atoms with Crippen molar-refractivity contribution in [3.8, 4) is 28.3 Å². The maximum atomic E-state index is 9.60. The van der Waals surface area contributed by atoms with Gasteiger partial charge in [-0.15, -0.1) is 0 Å². The molecular weight excluding hydrogens is 386 g/mol. The van der Waals surface area contributed by atoms with E-state index in [-0.39, 0.29) is 0 Å². The van der Waals surface area contributed by atoms with Crippen molar-refractivity contribution in [2.45, 2.75) is 26.2 Å². The van der Waals surface area contributed by atoms with E-state index in [2.05, 4.69) is 46.3 Å². The van der Waals surface area contributed by atoms with Gasteiger partial charge in [-0.1, -0.05) is 13.3 Å². The van der Waals surface area contributed by atoms with Gasteiger partial charge < -0.3 is 4.90 Å². The number of hydrogen-bond acceptors (Lipinski definition) is 5. The molecule has 0 saturated carbocycles. The average molecular weight is 412 g/mol. The summed E-state index contributed by atoms with van der Waals surface area (Å²) in [5.74, 6) is 1.86. The first-order chi connectivity index (χ1) is 15.2. The summed E-state index contributed by atoms with van der Waals surface area (Å²) in [6, 6.07) is 8.56. The third-order valence-electron chi connectivity index (χ3n) is 6.35. The number of nitriles is 1. The van der Waals surface area contributed by atoms with Gasteiger partial charge in [-0.2, -0.15) is 15.5 Å². The van der Waals surface area contributed by atoms with Gasteiger partial charge in [-0.3, -0.25) is 4.68 Å². The summed E-state index contributed by atoms with van der Waals surface area (Å²) in [5.41, 5.74) is 5.27. The van der Waals surface area contributed by atoms with Gasteiger partial charge in [0.05, 0.1) is 23.5 Å². The van der Waals surface area contributed by atoms with Crippen molar-refractivity contribution >= 4 is 11.3 Å². The van der Waals surface area contributed by atoms with Crippen molar-refractivity contribution in [1.82, 2.24) is 24.4 Å².